The van der Waals surface area contributed by atoms with Gasteiger partial charge < -0.3 is 10.4 Å². The highest BCUT2D eigenvalue weighted by molar-refractivity contribution is 7.98. The van der Waals surface area contributed by atoms with Crippen molar-refractivity contribution in [1.82, 2.24) is 5.32 Å². The number of carboxylic acids is 1. The maximum Gasteiger partial charge on any atom is 0.328 e. The van der Waals surface area contributed by atoms with Gasteiger partial charge in [0.25, 0.3) is 0 Å². The van der Waals surface area contributed by atoms with Gasteiger partial charge in [-0.3, -0.25) is 0 Å². The van der Waals surface area contributed by atoms with Gasteiger partial charge in [0.2, 0.25) is 0 Å². The van der Waals surface area contributed by atoms with Crippen molar-refractivity contribution in [2.45, 2.75) is 11.3 Å². The van der Waals surface area contributed by atoms with Crippen LogP contribution >= 0.6 is 11.8 Å². The van der Waals surface area contributed by atoms with Crippen LogP contribution in [-0.4, -0.2) is 30.4 Å². The second-order valence-corrected chi connectivity index (χ2v) is 4.42. The lowest BCUT2D eigenvalue weighted by Gasteiger charge is -2.03. The van der Waals surface area contributed by atoms with E-state index in [1.54, 1.807) is 17.8 Å². The lowest BCUT2D eigenvalue weighted by molar-refractivity contribution is -0.131. The van der Waals surface area contributed by atoms with Crippen molar-refractivity contribution in [3.8, 4) is 0 Å². The molecule has 0 amide bonds. The van der Waals surface area contributed by atoms with E-state index in [2.05, 4.69) is 35.8 Å². The van der Waals surface area contributed by atoms with Crippen LogP contribution in [0.4, 0.5) is 0 Å². The summed E-state index contributed by atoms with van der Waals surface area (Å²) < 4.78 is 0. The van der Waals surface area contributed by atoms with E-state index >= 15 is 0 Å². The Bertz CT molecular complexity index is 374. The molecule has 0 bridgehead atoms. The van der Waals surface area contributed by atoms with Gasteiger partial charge >= 0.3 is 5.97 Å². The van der Waals surface area contributed by atoms with Crippen molar-refractivity contribution in [3.05, 3.63) is 42.0 Å². The number of thioether (sulfide) groups is 1. The number of benzene rings is 1. The lowest BCUT2D eigenvalue weighted by atomic mass is 10.1. The quantitative estimate of drug-likeness (QED) is 0.443. The maximum absolute atomic E-state index is 10.2. The molecule has 1 aromatic carbocycles. The van der Waals surface area contributed by atoms with Crippen LogP contribution in [0.1, 0.15) is 5.56 Å². The molecule has 3 nitrogen and oxygen atoms in total. The van der Waals surface area contributed by atoms with E-state index in [-0.39, 0.29) is 0 Å². The average molecular weight is 251 g/mol. The first-order valence-corrected chi connectivity index (χ1v) is 6.68. The molecule has 92 valence electrons. The van der Waals surface area contributed by atoms with Crippen LogP contribution in [0.2, 0.25) is 0 Å². The number of aliphatic carboxylic acids is 1. The minimum atomic E-state index is -0.903. The molecule has 0 aliphatic carbocycles. The van der Waals surface area contributed by atoms with E-state index < -0.39 is 5.97 Å². The molecule has 0 atom stereocenters. The average Bonchev–Trinajstić information content (AvgIpc) is 2.34. The highest BCUT2D eigenvalue weighted by atomic mass is 32.2. The molecule has 0 radical (unpaired) electrons. The molecule has 1 aromatic rings. The third kappa shape index (κ3) is 6.14. The highest BCUT2D eigenvalue weighted by Gasteiger charge is 1.93. The first-order valence-electron chi connectivity index (χ1n) is 5.45. The first-order chi connectivity index (χ1) is 8.22. The number of hydrogen-bond donors (Lipinski definition) is 2. The van der Waals surface area contributed by atoms with Gasteiger partial charge in [-0.05, 0) is 36.9 Å². The maximum atomic E-state index is 10.2. The van der Waals surface area contributed by atoms with Crippen molar-refractivity contribution in [2.24, 2.45) is 0 Å². The second kappa shape index (κ2) is 7.92. The summed E-state index contributed by atoms with van der Waals surface area (Å²) in [5, 5.41) is 11.5. The van der Waals surface area contributed by atoms with Gasteiger partial charge in [-0.25, -0.2) is 4.79 Å². The third-order valence-electron chi connectivity index (χ3n) is 2.27. The molecule has 0 fully saturated rings. The molecule has 0 aliphatic heterocycles. The molecule has 17 heavy (non-hydrogen) atoms. The molecular weight excluding hydrogens is 234 g/mol. The van der Waals surface area contributed by atoms with E-state index in [4.69, 9.17) is 5.11 Å². The van der Waals surface area contributed by atoms with E-state index in [1.807, 2.05) is 0 Å². The summed E-state index contributed by atoms with van der Waals surface area (Å²) in [6, 6.07) is 8.48. The normalized spacial score (nSPS) is 10.9. The molecule has 0 saturated carbocycles. The van der Waals surface area contributed by atoms with E-state index in [1.165, 1.54) is 10.5 Å². The predicted molar refractivity (Wildman–Crippen MR) is 71.6 cm³/mol. The van der Waals surface area contributed by atoms with Crippen LogP contribution in [0.5, 0.6) is 0 Å². The Morgan fingerprint density at radius 2 is 2.12 bits per heavy atom. The SMILES string of the molecule is CSc1ccc(CCNC/C=C/C(=O)O)cc1. The smallest absolute Gasteiger partial charge is 0.328 e. The lowest BCUT2D eigenvalue weighted by Crippen LogP contribution is -2.17. The van der Waals surface area contributed by atoms with Crippen molar-refractivity contribution in [3.63, 3.8) is 0 Å². The standard InChI is InChI=1S/C13H17NO2S/c1-17-12-6-4-11(5-7-12)8-10-14-9-2-3-13(15)16/h2-7,14H,8-10H2,1H3,(H,15,16)/b3-2+. The van der Waals surface area contributed by atoms with Crippen LogP contribution in [0.15, 0.2) is 41.3 Å². The summed E-state index contributed by atoms with van der Waals surface area (Å²) in [4.78, 5) is 11.5. The first kappa shape index (κ1) is 13.8. The van der Waals surface area contributed by atoms with Crippen LogP contribution in [0, 0.1) is 0 Å². The fourth-order valence-corrected chi connectivity index (χ4v) is 1.78. The van der Waals surface area contributed by atoms with Crippen molar-refractivity contribution in [1.29, 1.82) is 0 Å². The van der Waals surface area contributed by atoms with Crippen LogP contribution in [-0.2, 0) is 11.2 Å². The van der Waals surface area contributed by atoms with Crippen LogP contribution < -0.4 is 5.32 Å². The molecule has 0 spiro atoms. The van der Waals surface area contributed by atoms with E-state index in [0.29, 0.717) is 6.54 Å². The van der Waals surface area contributed by atoms with Gasteiger partial charge in [0, 0.05) is 17.5 Å². The minimum absolute atomic E-state index is 0.592. The zero-order valence-corrected chi connectivity index (χ0v) is 10.7. The summed E-state index contributed by atoms with van der Waals surface area (Å²) in [6.45, 7) is 1.44. The van der Waals surface area contributed by atoms with E-state index in [9.17, 15) is 4.79 Å². The fourth-order valence-electron chi connectivity index (χ4n) is 1.37. The number of hydrogen-bond acceptors (Lipinski definition) is 3. The van der Waals surface area contributed by atoms with Crippen LogP contribution in [0.3, 0.4) is 0 Å². The van der Waals surface area contributed by atoms with Crippen molar-refractivity contribution < 1.29 is 9.90 Å². The Morgan fingerprint density at radius 3 is 2.71 bits per heavy atom. The Balaban J connectivity index is 2.19. The molecule has 0 aliphatic rings. The molecule has 0 heterocycles. The van der Waals surface area contributed by atoms with E-state index in [0.717, 1.165) is 19.0 Å². The van der Waals surface area contributed by atoms with Gasteiger partial charge in [-0.15, -0.1) is 11.8 Å². The Labute approximate surface area is 106 Å². The Morgan fingerprint density at radius 1 is 1.41 bits per heavy atom. The molecule has 0 unspecified atom stereocenters. The van der Waals surface area contributed by atoms with Gasteiger partial charge in [-0.2, -0.15) is 0 Å². The molecule has 0 saturated heterocycles. The number of carboxylic acid groups (broad SMARTS) is 1. The monoisotopic (exact) mass is 251 g/mol. The minimum Gasteiger partial charge on any atom is -0.478 e. The van der Waals surface area contributed by atoms with Gasteiger partial charge in [0.1, 0.15) is 0 Å². The van der Waals surface area contributed by atoms with Crippen LogP contribution in [0.25, 0.3) is 0 Å². The Hall–Kier alpha value is -1.26. The molecular formula is C13H17NO2S. The van der Waals surface area contributed by atoms with Gasteiger partial charge in [0.15, 0.2) is 0 Å². The zero-order chi connectivity index (χ0) is 12.5. The summed E-state index contributed by atoms with van der Waals surface area (Å²) in [5.74, 6) is -0.903. The second-order valence-electron chi connectivity index (χ2n) is 3.54. The predicted octanol–water partition coefficient (Wildman–Crippen LogP) is 2.18. The Kier molecular flexibility index (Phi) is 6.43. The zero-order valence-electron chi connectivity index (χ0n) is 9.85. The molecule has 0 aromatic heterocycles. The van der Waals surface area contributed by atoms with Crippen molar-refractivity contribution >= 4 is 17.7 Å². The van der Waals surface area contributed by atoms with Gasteiger partial charge in [0.05, 0.1) is 0 Å². The topological polar surface area (TPSA) is 49.3 Å². The summed E-state index contributed by atoms with van der Waals surface area (Å²) in [5.41, 5.74) is 1.29. The van der Waals surface area contributed by atoms with Gasteiger partial charge in [-0.1, -0.05) is 18.2 Å². The number of nitrogens with one attached hydrogen (secondary N) is 1. The summed E-state index contributed by atoms with van der Waals surface area (Å²) in [6.07, 6.45) is 5.78. The molecule has 2 N–H and O–H groups in total. The summed E-state index contributed by atoms with van der Waals surface area (Å²) in [7, 11) is 0. The van der Waals surface area contributed by atoms with Crippen molar-refractivity contribution in [2.75, 3.05) is 19.3 Å². The highest BCUT2D eigenvalue weighted by Crippen LogP contribution is 2.14. The third-order valence-corrected chi connectivity index (χ3v) is 3.02. The molecule has 4 heteroatoms. The number of carbonyl (C=O) groups is 1. The summed E-state index contributed by atoms with van der Waals surface area (Å²) >= 11 is 1.73. The number of rotatable bonds is 7. The fraction of sp³-hybridized carbons (Fsp3) is 0.308. The molecule has 1 rings (SSSR count). The largest absolute Gasteiger partial charge is 0.478 e.